The number of hydrogen-bond acceptors (Lipinski definition) is 3. The summed E-state index contributed by atoms with van der Waals surface area (Å²) in [5.41, 5.74) is 0.557. The standard InChI is InChI=1S/C15H20N2O2S/c1-19-13-8-6-7-12(11-13)14(18)16-15(20)17-9-4-2-3-5-10-17/h6-8,11H,2-5,9-10H2,1H3,(H,16,18,20). The highest BCUT2D eigenvalue weighted by Crippen LogP contribution is 2.13. The highest BCUT2D eigenvalue weighted by Gasteiger charge is 2.15. The van der Waals surface area contributed by atoms with Gasteiger partial charge in [-0.1, -0.05) is 18.9 Å². The molecule has 0 spiro atoms. The van der Waals surface area contributed by atoms with E-state index in [-0.39, 0.29) is 5.91 Å². The van der Waals surface area contributed by atoms with Gasteiger partial charge in [0.15, 0.2) is 5.11 Å². The van der Waals surface area contributed by atoms with E-state index in [0.29, 0.717) is 16.4 Å². The van der Waals surface area contributed by atoms with Crippen molar-refractivity contribution in [2.75, 3.05) is 20.2 Å². The molecule has 1 fully saturated rings. The fourth-order valence-electron chi connectivity index (χ4n) is 2.29. The summed E-state index contributed by atoms with van der Waals surface area (Å²) in [7, 11) is 1.58. The summed E-state index contributed by atoms with van der Waals surface area (Å²) >= 11 is 5.33. The van der Waals surface area contributed by atoms with Crippen LogP contribution in [0.15, 0.2) is 24.3 Å². The van der Waals surface area contributed by atoms with Crippen molar-refractivity contribution in [2.45, 2.75) is 25.7 Å². The summed E-state index contributed by atoms with van der Waals surface area (Å²) in [6.45, 7) is 1.86. The molecule has 1 amide bonds. The molecule has 1 saturated heterocycles. The first-order valence-corrected chi connectivity index (χ1v) is 7.36. The number of rotatable bonds is 2. The Morgan fingerprint density at radius 3 is 2.60 bits per heavy atom. The average Bonchev–Trinajstić information content (AvgIpc) is 2.76. The van der Waals surface area contributed by atoms with Crippen LogP contribution in [0, 0.1) is 0 Å². The lowest BCUT2D eigenvalue weighted by Crippen LogP contribution is -2.43. The van der Waals surface area contributed by atoms with E-state index in [2.05, 4.69) is 10.2 Å². The fraction of sp³-hybridized carbons (Fsp3) is 0.467. The van der Waals surface area contributed by atoms with Gasteiger partial charge in [0.1, 0.15) is 5.75 Å². The summed E-state index contributed by atoms with van der Waals surface area (Å²) < 4.78 is 5.12. The van der Waals surface area contributed by atoms with E-state index in [0.717, 1.165) is 25.9 Å². The quantitative estimate of drug-likeness (QED) is 0.851. The maximum atomic E-state index is 12.2. The number of carbonyl (C=O) groups is 1. The summed E-state index contributed by atoms with van der Waals surface area (Å²) in [5, 5.41) is 3.34. The molecule has 0 unspecified atom stereocenters. The molecule has 0 aliphatic carbocycles. The van der Waals surface area contributed by atoms with Gasteiger partial charge in [-0.15, -0.1) is 0 Å². The Kier molecular flexibility index (Phi) is 5.35. The van der Waals surface area contributed by atoms with Gasteiger partial charge in [-0.05, 0) is 43.3 Å². The summed E-state index contributed by atoms with van der Waals surface area (Å²) in [5.74, 6) is 0.483. The van der Waals surface area contributed by atoms with Crippen LogP contribution in [0.1, 0.15) is 36.0 Å². The highest BCUT2D eigenvalue weighted by molar-refractivity contribution is 7.80. The van der Waals surface area contributed by atoms with Gasteiger partial charge in [0, 0.05) is 18.7 Å². The van der Waals surface area contributed by atoms with E-state index in [1.807, 2.05) is 6.07 Å². The fourth-order valence-corrected chi connectivity index (χ4v) is 2.56. The lowest BCUT2D eigenvalue weighted by Gasteiger charge is -2.23. The number of likely N-dealkylation sites (tertiary alicyclic amines) is 1. The second-order valence-corrected chi connectivity index (χ2v) is 5.28. The molecule has 0 bridgehead atoms. The van der Waals surface area contributed by atoms with Crippen LogP contribution in [0.4, 0.5) is 0 Å². The van der Waals surface area contributed by atoms with Crippen LogP contribution in [0.25, 0.3) is 0 Å². The second kappa shape index (κ2) is 7.24. The predicted molar refractivity (Wildman–Crippen MR) is 83.1 cm³/mol. The molecule has 1 heterocycles. The van der Waals surface area contributed by atoms with Gasteiger partial charge in [-0.25, -0.2) is 0 Å². The lowest BCUT2D eigenvalue weighted by molar-refractivity contribution is 0.0973. The Morgan fingerprint density at radius 2 is 1.95 bits per heavy atom. The van der Waals surface area contributed by atoms with Gasteiger partial charge in [0.05, 0.1) is 7.11 Å². The molecule has 0 aromatic heterocycles. The lowest BCUT2D eigenvalue weighted by atomic mass is 10.2. The van der Waals surface area contributed by atoms with E-state index < -0.39 is 0 Å². The van der Waals surface area contributed by atoms with Crippen molar-refractivity contribution in [2.24, 2.45) is 0 Å². The molecule has 2 rings (SSSR count). The monoisotopic (exact) mass is 292 g/mol. The minimum atomic E-state index is -0.182. The molecule has 0 atom stereocenters. The topological polar surface area (TPSA) is 41.6 Å². The molecular formula is C15H20N2O2S. The molecule has 108 valence electrons. The first-order chi connectivity index (χ1) is 9.70. The van der Waals surface area contributed by atoms with Gasteiger partial charge in [0.25, 0.3) is 5.91 Å². The Morgan fingerprint density at radius 1 is 1.25 bits per heavy atom. The van der Waals surface area contributed by atoms with Crippen molar-refractivity contribution in [1.29, 1.82) is 0 Å². The summed E-state index contributed by atoms with van der Waals surface area (Å²) in [6.07, 6.45) is 4.75. The zero-order valence-corrected chi connectivity index (χ0v) is 12.5. The summed E-state index contributed by atoms with van der Waals surface area (Å²) in [6, 6.07) is 7.07. The van der Waals surface area contributed by atoms with E-state index in [1.54, 1.807) is 25.3 Å². The Hall–Kier alpha value is -1.62. The number of thiocarbonyl (C=S) groups is 1. The molecule has 4 nitrogen and oxygen atoms in total. The number of methoxy groups -OCH3 is 1. The van der Waals surface area contributed by atoms with Crippen LogP contribution < -0.4 is 10.1 Å². The number of hydrogen-bond donors (Lipinski definition) is 1. The van der Waals surface area contributed by atoms with Crippen LogP contribution in [0.2, 0.25) is 0 Å². The first kappa shape index (κ1) is 14.8. The zero-order chi connectivity index (χ0) is 14.4. The van der Waals surface area contributed by atoms with Crippen LogP contribution >= 0.6 is 12.2 Å². The van der Waals surface area contributed by atoms with Gasteiger partial charge < -0.3 is 9.64 Å². The highest BCUT2D eigenvalue weighted by atomic mass is 32.1. The SMILES string of the molecule is COc1cccc(C(=O)NC(=S)N2CCCCCC2)c1. The first-order valence-electron chi connectivity index (χ1n) is 6.95. The van der Waals surface area contributed by atoms with Crippen LogP contribution in [-0.4, -0.2) is 36.1 Å². The van der Waals surface area contributed by atoms with E-state index in [9.17, 15) is 4.79 Å². The van der Waals surface area contributed by atoms with Gasteiger partial charge in [0.2, 0.25) is 0 Å². The third-order valence-corrected chi connectivity index (χ3v) is 3.81. The minimum absolute atomic E-state index is 0.182. The second-order valence-electron chi connectivity index (χ2n) is 4.89. The van der Waals surface area contributed by atoms with Crippen molar-refractivity contribution >= 4 is 23.2 Å². The number of ether oxygens (including phenoxy) is 1. The van der Waals surface area contributed by atoms with Gasteiger partial charge in [-0.2, -0.15) is 0 Å². The maximum Gasteiger partial charge on any atom is 0.257 e. The van der Waals surface area contributed by atoms with Crippen molar-refractivity contribution in [3.8, 4) is 5.75 Å². The number of amides is 1. The van der Waals surface area contributed by atoms with Crippen LogP contribution in [0.5, 0.6) is 5.75 Å². The zero-order valence-electron chi connectivity index (χ0n) is 11.7. The minimum Gasteiger partial charge on any atom is -0.497 e. The molecule has 1 aliphatic rings. The molecule has 5 heteroatoms. The number of benzene rings is 1. The Labute approximate surface area is 125 Å². The van der Waals surface area contributed by atoms with Gasteiger partial charge in [-0.3, -0.25) is 10.1 Å². The predicted octanol–water partition coefficient (Wildman–Crippen LogP) is 2.59. The van der Waals surface area contributed by atoms with Gasteiger partial charge >= 0.3 is 0 Å². The molecule has 1 aromatic carbocycles. The third-order valence-electron chi connectivity index (χ3n) is 3.45. The third kappa shape index (κ3) is 3.93. The van der Waals surface area contributed by atoms with Crippen LogP contribution in [-0.2, 0) is 0 Å². The summed E-state index contributed by atoms with van der Waals surface area (Å²) in [4.78, 5) is 14.3. The molecule has 1 N–H and O–H groups in total. The average molecular weight is 292 g/mol. The maximum absolute atomic E-state index is 12.2. The molecule has 1 aliphatic heterocycles. The number of carbonyl (C=O) groups excluding carboxylic acids is 1. The molecule has 1 aromatic rings. The molecule has 0 radical (unpaired) electrons. The molecule has 0 saturated carbocycles. The molecular weight excluding hydrogens is 272 g/mol. The van der Waals surface area contributed by atoms with Crippen molar-refractivity contribution in [3.05, 3.63) is 29.8 Å². The number of nitrogens with zero attached hydrogens (tertiary/aromatic N) is 1. The normalized spacial score (nSPS) is 15.3. The smallest absolute Gasteiger partial charge is 0.257 e. The molecule has 20 heavy (non-hydrogen) atoms. The van der Waals surface area contributed by atoms with E-state index in [1.165, 1.54) is 12.8 Å². The van der Waals surface area contributed by atoms with Crippen molar-refractivity contribution in [1.82, 2.24) is 10.2 Å². The van der Waals surface area contributed by atoms with Crippen LogP contribution in [0.3, 0.4) is 0 Å². The van der Waals surface area contributed by atoms with Crippen molar-refractivity contribution in [3.63, 3.8) is 0 Å². The Balaban J connectivity index is 1.97. The van der Waals surface area contributed by atoms with E-state index in [4.69, 9.17) is 17.0 Å². The van der Waals surface area contributed by atoms with Crippen molar-refractivity contribution < 1.29 is 9.53 Å². The van der Waals surface area contributed by atoms with E-state index >= 15 is 0 Å². The Bertz CT molecular complexity index is 483. The number of nitrogens with one attached hydrogen (secondary N) is 1. The largest absolute Gasteiger partial charge is 0.497 e.